The quantitative estimate of drug-likeness (QED) is 0.781. The first kappa shape index (κ1) is 15.0. The molecule has 0 spiro atoms. The van der Waals surface area contributed by atoms with E-state index in [1.165, 1.54) is 16.7 Å². The van der Waals surface area contributed by atoms with Crippen LogP contribution in [-0.4, -0.2) is 20.2 Å². The smallest absolute Gasteiger partial charge is 0.122 e. The standard InChI is InChI=1S/C15H26N2O/c1-5-13(8-16)9-17-10-14-6-7-15(18-4)12(3)11(14)2/h6-7,13,17H,5,8-10,16H2,1-4H3. The molecule has 3 N–H and O–H groups in total. The molecule has 0 aromatic heterocycles. The SMILES string of the molecule is CCC(CN)CNCc1ccc(OC)c(C)c1C. The number of ether oxygens (including phenoxy) is 1. The predicted molar refractivity (Wildman–Crippen MR) is 77.0 cm³/mol. The third-order valence-electron chi connectivity index (χ3n) is 3.73. The Morgan fingerprint density at radius 1 is 1.28 bits per heavy atom. The zero-order valence-electron chi connectivity index (χ0n) is 12.0. The van der Waals surface area contributed by atoms with Crippen LogP contribution < -0.4 is 15.8 Å². The Bertz CT molecular complexity index is 373. The fourth-order valence-corrected chi connectivity index (χ4v) is 2.07. The average Bonchev–Trinajstić information content (AvgIpc) is 2.39. The van der Waals surface area contributed by atoms with Crippen molar-refractivity contribution in [3.63, 3.8) is 0 Å². The summed E-state index contributed by atoms with van der Waals surface area (Å²) in [4.78, 5) is 0. The minimum Gasteiger partial charge on any atom is -0.496 e. The van der Waals surface area contributed by atoms with Crippen LogP contribution in [0.2, 0.25) is 0 Å². The molecule has 1 rings (SSSR count). The van der Waals surface area contributed by atoms with Crippen LogP contribution in [0.15, 0.2) is 12.1 Å². The van der Waals surface area contributed by atoms with Crippen molar-refractivity contribution in [2.24, 2.45) is 11.7 Å². The molecule has 0 amide bonds. The highest BCUT2D eigenvalue weighted by molar-refractivity contribution is 5.43. The molecule has 0 bridgehead atoms. The Kier molecular flexibility index (Phi) is 6.16. The van der Waals surface area contributed by atoms with Gasteiger partial charge in [-0.15, -0.1) is 0 Å². The number of hydrogen-bond acceptors (Lipinski definition) is 3. The van der Waals surface area contributed by atoms with Gasteiger partial charge in [-0.05, 0) is 55.6 Å². The first-order valence-corrected chi connectivity index (χ1v) is 6.67. The van der Waals surface area contributed by atoms with E-state index in [1.54, 1.807) is 7.11 Å². The molecule has 0 saturated carbocycles. The van der Waals surface area contributed by atoms with Crippen molar-refractivity contribution in [3.8, 4) is 5.75 Å². The lowest BCUT2D eigenvalue weighted by Crippen LogP contribution is -2.27. The van der Waals surface area contributed by atoms with Gasteiger partial charge in [0.05, 0.1) is 7.11 Å². The Labute approximate surface area is 111 Å². The number of nitrogens with two attached hydrogens (primary N) is 1. The second-order valence-corrected chi connectivity index (χ2v) is 4.82. The van der Waals surface area contributed by atoms with Gasteiger partial charge in [-0.1, -0.05) is 19.4 Å². The number of benzene rings is 1. The zero-order valence-corrected chi connectivity index (χ0v) is 12.0. The van der Waals surface area contributed by atoms with E-state index in [-0.39, 0.29) is 0 Å². The maximum atomic E-state index is 5.70. The van der Waals surface area contributed by atoms with Gasteiger partial charge >= 0.3 is 0 Å². The van der Waals surface area contributed by atoms with Crippen molar-refractivity contribution in [2.75, 3.05) is 20.2 Å². The molecule has 3 heteroatoms. The second kappa shape index (κ2) is 7.39. The molecule has 0 aliphatic heterocycles. The topological polar surface area (TPSA) is 47.3 Å². The lowest BCUT2D eigenvalue weighted by Gasteiger charge is -2.16. The van der Waals surface area contributed by atoms with Gasteiger partial charge in [-0.2, -0.15) is 0 Å². The van der Waals surface area contributed by atoms with Crippen LogP contribution in [0.1, 0.15) is 30.0 Å². The molecule has 0 radical (unpaired) electrons. The highest BCUT2D eigenvalue weighted by atomic mass is 16.5. The summed E-state index contributed by atoms with van der Waals surface area (Å²) in [5.74, 6) is 1.54. The van der Waals surface area contributed by atoms with Crippen molar-refractivity contribution in [1.29, 1.82) is 0 Å². The normalized spacial score (nSPS) is 12.5. The Morgan fingerprint density at radius 3 is 2.56 bits per heavy atom. The third kappa shape index (κ3) is 3.72. The van der Waals surface area contributed by atoms with E-state index in [2.05, 4.69) is 32.2 Å². The van der Waals surface area contributed by atoms with Gasteiger partial charge in [0.2, 0.25) is 0 Å². The van der Waals surface area contributed by atoms with Crippen LogP contribution in [0.3, 0.4) is 0 Å². The Balaban J connectivity index is 2.60. The summed E-state index contributed by atoms with van der Waals surface area (Å²) in [7, 11) is 1.72. The summed E-state index contributed by atoms with van der Waals surface area (Å²) in [5, 5.41) is 3.49. The molecule has 0 aliphatic rings. The summed E-state index contributed by atoms with van der Waals surface area (Å²) in [6.45, 7) is 9.07. The van der Waals surface area contributed by atoms with E-state index in [9.17, 15) is 0 Å². The average molecular weight is 250 g/mol. The Hall–Kier alpha value is -1.06. The molecule has 0 saturated heterocycles. The predicted octanol–water partition coefficient (Wildman–Crippen LogP) is 2.39. The third-order valence-corrected chi connectivity index (χ3v) is 3.73. The summed E-state index contributed by atoms with van der Waals surface area (Å²) in [6.07, 6.45) is 1.13. The monoisotopic (exact) mass is 250 g/mol. The van der Waals surface area contributed by atoms with Crippen LogP contribution in [-0.2, 0) is 6.54 Å². The second-order valence-electron chi connectivity index (χ2n) is 4.82. The largest absolute Gasteiger partial charge is 0.496 e. The highest BCUT2D eigenvalue weighted by Gasteiger charge is 2.07. The zero-order chi connectivity index (χ0) is 13.5. The van der Waals surface area contributed by atoms with Crippen molar-refractivity contribution in [1.82, 2.24) is 5.32 Å². The van der Waals surface area contributed by atoms with E-state index in [1.807, 2.05) is 6.07 Å². The van der Waals surface area contributed by atoms with Gasteiger partial charge in [0.15, 0.2) is 0 Å². The van der Waals surface area contributed by atoms with Crippen LogP contribution in [0.5, 0.6) is 5.75 Å². The van der Waals surface area contributed by atoms with Gasteiger partial charge in [-0.25, -0.2) is 0 Å². The van der Waals surface area contributed by atoms with Crippen LogP contribution in [0.25, 0.3) is 0 Å². The number of hydrogen-bond donors (Lipinski definition) is 2. The summed E-state index contributed by atoms with van der Waals surface area (Å²) in [5.41, 5.74) is 9.56. The fraction of sp³-hybridized carbons (Fsp3) is 0.600. The molecule has 0 heterocycles. The van der Waals surface area contributed by atoms with E-state index in [4.69, 9.17) is 10.5 Å². The van der Waals surface area contributed by atoms with Gasteiger partial charge in [0.1, 0.15) is 5.75 Å². The molecule has 102 valence electrons. The highest BCUT2D eigenvalue weighted by Crippen LogP contribution is 2.23. The molecular weight excluding hydrogens is 224 g/mol. The molecule has 1 aromatic carbocycles. The van der Waals surface area contributed by atoms with Crippen molar-refractivity contribution < 1.29 is 4.74 Å². The summed E-state index contributed by atoms with van der Waals surface area (Å²) >= 11 is 0. The van der Waals surface area contributed by atoms with Gasteiger partial charge in [-0.3, -0.25) is 0 Å². The minimum atomic E-state index is 0.574. The van der Waals surface area contributed by atoms with Crippen molar-refractivity contribution in [2.45, 2.75) is 33.7 Å². The molecule has 0 aliphatic carbocycles. The molecular formula is C15H26N2O. The van der Waals surface area contributed by atoms with Crippen LogP contribution in [0, 0.1) is 19.8 Å². The number of rotatable bonds is 7. The van der Waals surface area contributed by atoms with Crippen LogP contribution >= 0.6 is 0 Å². The maximum Gasteiger partial charge on any atom is 0.122 e. The Morgan fingerprint density at radius 2 is 2.00 bits per heavy atom. The molecule has 1 aromatic rings. The number of methoxy groups -OCH3 is 1. The molecule has 1 atom stereocenters. The summed E-state index contributed by atoms with van der Waals surface area (Å²) < 4.78 is 5.32. The van der Waals surface area contributed by atoms with Gasteiger partial charge in [0.25, 0.3) is 0 Å². The molecule has 1 unspecified atom stereocenters. The van der Waals surface area contributed by atoms with Crippen molar-refractivity contribution >= 4 is 0 Å². The van der Waals surface area contributed by atoms with Gasteiger partial charge < -0.3 is 15.8 Å². The summed E-state index contributed by atoms with van der Waals surface area (Å²) in [6, 6.07) is 4.18. The number of nitrogens with one attached hydrogen (secondary N) is 1. The van der Waals surface area contributed by atoms with E-state index >= 15 is 0 Å². The first-order chi connectivity index (χ1) is 8.63. The first-order valence-electron chi connectivity index (χ1n) is 6.67. The van der Waals surface area contributed by atoms with E-state index < -0.39 is 0 Å². The van der Waals surface area contributed by atoms with E-state index in [0.717, 1.165) is 31.8 Å². The fourth-order valence-electron chi connectivity index (χ4n) is 2.07. The molecule has 0 fully saturated rings. The lowest BCUT2D eigenvalue weighted by molar-refractivity contribution is 0.411. The lowest BCUT2D eigenvalue weighted by atomic mass is 10.0. The maximum absolute atomic E-state index is 5.70. The van der Waals surface area contributed by atoms with E-state index in [0.29, 0.717) is 5.92 Å². The van der Waals surface area contributed by atoms with Crippen LogP contribution in [0.4, 0.5) is 0 Å². The molecule has 18 heavy (non-hydrogen) atoms. The molecule has 3 nitrogen and oxygen atoms in total. The minimum absolute atomic E-state index is 0.574. The van der Waals surface area contributed by atoms with Crippen molar-refractivity contribution in [3.05, 3.63) is 28.8 Å². The van der Waals surface area contributed by atoms with Gasteiger partial charge in [0, 0.05) is 6.54 Å².